The van der Waals surface area contributed by atoms with Gasteiger partial charge in [0.05, 0.1) is 0 Å². The number of hydrogen-bond donors (Lipinski definition) is 1. The quantitative estimate of drug-likeness (QED) is 0.797. The molecule has 0 aromatic carbocycles. The zero-order chi connectivity index (χ0) is 9.97. The van der Waals surface area contributed by atoms with E-state index in [0.29, 0.717) is 12.0 Å². The van der Waals surface area contributed by atoms with Crippen LogP contribution in [0.4, 0.5) is 0 Å². The van der Waals surface area contributed by atoms with E-state index in [1.165, 1.54) is 6.42 Å². The van der Waals surface area contributed by atoms with Crippen molar-refractivity contribution in [2.45, 2.75) is 38.3 Å². The molecule has 1 aliphatic rings. The summed E-state index contributed by atoms with van der Waals surface area (Å²) in [5.74, 6) is 0.715. The third-order valence-corrected chi connectivity index (χ3v) is 2.62. The molecule has 3 heteroatoms. The van der Waals surface area contributed by atoms with E-state index in [4.69, 9.17) is 10.5 Å². The fourth-order valence-electron chi connectivity index (χ4n) is 1.49. The maximum atomic E-state index is 5.83. The Hall–Kier alpha value is -1.09. The predicted octanol–water partition coefficient (Wildman–Crippen LogP) is 2.03. The van der Waals surface area contributed by atoms with Crippen LogP contribution < -0.4 is 10.5 Å². The normalized spacial score (nSPS) is 18.7. The minimum Gasteiger partial charge on any atom is -0.474 e. The van der Waals surface area contributed by atoms with Crippen LogP contribution in [0.2, 0.25) is 0 Å². The van der Waals surface area contributed by atoms with Crippen LogP contribution in [0, 0.1) is 0 Å². The van der Waals surface area contributed by atoms with Crippen molar-refractivity contribution in [2.24, 2.45) is 5.73 Å². The van der Waals surface area contributed by atoms with Crippen molar-refractivity contribution < 1.29 is 4.74 Å². The Morgan fingerprint density at radius 3 is 2.93 bits per heavy atom. The van der Waals surface area contributed by atoms with Gasteiger partial charge in [-0.3, -0.25) is 0 Å². The summed E-state index contributed by atoms with van der Waals surface area (Å²) in [6.07, 6.45) is 5.68. The van der Waals surface area contributed by atoms with Gasteiger partial charge >= 0.3 is 0 Å². The topological polar surface area (TPSA) is 48.1 Å². The lowest BCUT2D eigenvalue weighted by atomic mass is 9.96. The lowest BCUT2D eigenvalue weighted by molar-refractivity contribution is 0.113. The number of ether oxygens (including phenoxy) is 1. The van der Waals surface area contributed by atoms with Gasteiger partial charge in [-0.2, -0.15) is 0 Å². The van der Waals surface area contributed by atoms with Gasteiger partial charge in [0.1, 0.15) is 6.10 Å². The van der Waals surface area contributed by atoms with E-state index in [9.17, 15) is 0 Å². The molecule has 0 amide bonds. The molecule has 2 N–H and O–H groups in total. The molecule has 1 atom stereocenters. The maximum absolute atomic E-state index is 5.83. The Bertz CT molecular complexity index is 308. The molecule has 76 valence electrons. The first-order valence-electron chi connectivity index (χ1n) is 5.14. The highest BCUT2D eigenvalue weighted by Gasteiger charge is 2.21. The SMILES string of the molecule is C[C@@H](N)c1cccnc1OC1CCC1. The summed E-state index contributed by atoms with van der Waals surface area (Å²) in [5, 5.41) is 0. The number of rotatable bonds is 3. The van der Waals surface area contributed by atoms with E-state index in [0.717, 1.165) is 18.4 Å². The van der Waals surface area contributed by atoms with Crippen LogP contribution in [0.15, 0.2) is 18.3 Å². The maximum Gasteiger partial charge on any atom is 0.218 e. The molecule has 0 saturated heterocycles. The lowest BCUT2D eigenvalue weighted by Crippen LogP contribution is -2.26. The summed E-state index contributed by atoms with van der Waals surface area (Å²) in [6.45, 7) is 1.95. The first kappa shape index (κ1) is 9.46. The van der Waals surface area contributed by atoms with Crippen molar-refractivity contribution in [3.63, 3.8) is 0 Å². The molecular formula is C11H16N2O. The molecule has 14 heavy (non-hydrogen) atoms. The van der Waals surface area contributed by atoms with Gasteiger partial charge in [0, 0.05) is 17.8 Å². The van der Waals surface area contributed by atoms with Gasteiger partial charge < -0.3 is 10.5 Å². The lowest BCUT2D eigenvalue weighted by Gasteiger charge is -2.27. The number of pyridine rings is 1. The predicted molar refractivity (Wildman–Crippen MR) is 55.1 cm³/mol. The second-order valence-corrected chi connectivity index (χ2v) is 3.86. The molecule has 1 aliphatic carbocycles. The van der Waals surface area contributed by atoms with Gasteiger partial charge in [0.15, 0.2) is 0 Å². The molecule has 2 rings (SSSR count). The van der Waals surface area contributed by atoms with E-state index in [2.05, 4.69) is 4.98 Å². The van der Waals surface area contributed by atoms with Crippen molar-refractivity contribution in [1.29, 1.82) is 0 Å². The van der Waals surface area contributed by atoms with E-state index in [1.807, 2.05) is 19.1 Å². The Morgan fingerprint density at radius 1 is 1.57 bits per heavy atom. The van der Waals surface area contributed by atoms with Crippen molar-refractivity contribution >= 4 is 0 Å². The van der Waals surface area contributed by atoms with Crippen molar-refractivity contribution in [3.05, 3.63) is 23.9 Å². The highest BCUT2D eigenvalue weighted by atomic mass is 16.5. The number of nitrogens with two attached hydrogens (primary N) is 1. The second-order valence-electron chi connectivity index (χ2n) is 3.86. The highest BCUT2D eigenvalue weighted by Crippen LogP contribution is 2.27. The van der Waals surface area contributed by atoms with Crippen LogP contribution in [0.25, 0.3) is 0 Å². The summed E-state index contributed by atoms with van der Waals surface area (Å²) < 4.78 is 5.75. The fraction of sp³-hybridized carbons (Fsp3) is 0.545. The van der Waals surface area contributed by atoms with Crippen molar-refractivity contribution in [2.75, 3.05) is 0 Å². The molecule has 1 heterocycles. The molecule has 0 aliphatic heterocycles. The highest BCUT2D eigenvalue weighted by molar-refractivity contribution is 5.28. The minimum absolute atomic E-state index is 0.0150. The molecule has 1 saturated carbocycles. The molecule has 3 nitrogen and oxygen atoms in total. The average molecular weight is 192 g/mol. The number of nitrogens with zero attached hydrogens (tertiary/aromatic N) is 1. The Balaban J connectivity index is 2.13. The summed E-state index contributed by atoms with van der Waals surface area (Å²) >= 11 is 0. The molecule has 0 unspecified atom stereocenters. The molecule has 1 aromatic heterocycles. The summed E-state index contributed by atoms with van der Waals surface area (Å²) in [5.41, 5.74) is 6.83. The van der Waals surface area contributed by atoms with Gasteiger partial charge in [0.25, 0.3) is 0 Å². The van der Waals surface area contributed by atoms with Crippen molar-refractivity contribution in [3.8, 4) is 5.88 Å². The van der Waals surface area contributed by atoms with Crippen molar-refractivity contribution in [1.82, 2.24) is 4.98 Å². The van der Waals surface area contributed by atoms with Crippen LogP contribution in [0.5, 0.6) is 5.88 Å². The molecular weight excluding hydrogens is 176 g/mol. The van der Waals surface area contributed by atoms with E-state index in [1.54, 1.807) is 6.20 Å². The zero-order valence-corrected chi connectivity index (χ0v) is 8.44. The fourth-order valence-corrected chi connectivity index (χ4v) is 1.49. The van der Waals surface area contributed by atoms with Crippen LogP contribution in [0.3, 0.4) is 0 Å². The zero-order valence-electron chi connectivity index (χ0n) is 8.44. The van der Waals surface area contributed by atoms with Gasteiger partial charge in [-0.15, -0.1) is 0 Å². The monoisotopic (exact) mass is 192 g/mol. The summed E-state index contributed by atoms with van der Waals surface area (Å²) in [4.78, 5) is 4.22. The second kappa shape index (κ2) is 3.96. The Kier molecular flexibility index (Phi) is 2.68. The van der Waals surface area contributed by atoms with Gasteiger partial charge in [-0.25, -0.2) is 4.98 Å². The largest absolute Gasteiger partial charge is 0.474 e. The first-order valence-corrected chi connectivity index (χ1v) is 5.14. The minimum atomic E-state index is -0.0150. The van der Waals surface area contributed by atoms with E-state index in [-0.39, 0.29) is 6.04 Å². The first-order chi connectivity index (χ1) is 6.77. The Morgan fingerprint density at radius 2 is 2.36 bits per heavy atom. The van der Waals surface area contributed by atoms with Gasteiger partial charge in [0.2, 0.25) is 5.88 Å². The Labute approximate surface area is 84.3 Å². The molecule has 1 fully saturated rings. The molecule has 0 radical (unpaired) electrons. The molecule has 1 aromatic rings. The van der Waals surface area contributed by atoms with Crippen LogP contribution in [-0.4, -0.2) is 11.1 Å². The van der Waals surface area contributed by atoms with Gasteiger partial charge in [-0.1, -0.05) is 6.07 Å². The average Bonchev–Trinajstić information content (AvgIpc) is 2.12. The van der Waals surface area contributed by atoms with Crippen LogP contribution in [-0.2, 0) is 0 Å². The summed E-state index contributed by atoms with van der Waals surface area (Å²) in [6, 6.07) is 3.86. The standard InChI is InChI=1S/C11H16N2O/c1-8(12)10-6-3-7-13-11(10)14-9-4-2-5-9/h3,6-9H,2,4-5,12H2,1H3/t8-/m1/s1. The van der Waals surface area contributed by atoms with Crippen LogP contribution in [0.1, 0.15) is 37.8 Å². The molecule has 0 bridgehead atoms. The molecule has 0 spiro atoms. The van der Waals surface area contributed by atoms with E-state index < -0.39 is 0 Å². The van der Waals surface area contributed by atoms with Gasteiger partial charge in [-0.05, 0) is 32.3 Å². The van der Waals surface area contributed by atoms with Crippen LogP contribution >= 0.6 is 0 Å². The number of aromatic nitrogens is 1. The third kappa shape index (κ3) is 1.87. The smallest absolute Gasteiger partial charge is 0.218 e. The summed E-state index contributed by atoms with van der Waals surface area (Å²) in [7, 11) is 0. The number of hydrogen-bond acceptors (Lipinski definition) is 3. The third-order valence-electron chi connectivity index (χ3n) is 2.62. The van der Waals surface area contributed by atoms with E-state index >= 15 is 0 Å².